The Hall–Kier alpha value is -2.75. The van der Waals surface area contributed by atoms with Crippen LogP contribution >= 0.6 is 11.8 Å². The summed E-state index contributed by atoms with van der Waals surface area (Å²) >= 11 is 1.74. The summed E-state index contributed by atoms with van der Waals surface area (Å²) in [6.45, 7) is 0. The van der Waals surface area contributed by atoms with E-state index in [1.807, 2.05) is 18.2 Å². The maximum atomic E-state index is 9.81. The summed E-state index contributed by atoms with van der Waals surface area (Å²) in [5.74, 6) is 1.09. The standard InChI is InChI=1S/C17H13N5S/c18-6-13-12-3-5-23-8-14(12)15(11-2-1-4-22-7-11)17(9-19,10-20)16(13)21/h1-4,7,14-15H,5,8,21H2/p+1. The number of pyridine rings is 1. The third kappa shape index (κ3) is 2.10. The molecule has 0 saturated heterocycles. The summed E-state index contributed by atoms with van der Waals surface area (Å²) in [5.41, 5.74) is 6.76. The van der Waals surface area contributed by atoms with Crippen LogP contribution in [0.1, 0.15) is 11.5 Å². The largest absolute Gasteiger partial charge is 0.399 e. The Morgan fingerprint density at radius 3 is 2.70 bits per heavy atom. The van der Waals surface area contributed by atoms with E-state index in [9.17, 15) is 15.8 Å². The lowest BCUT2D eigenvalue weighted by Crippen LogP contribution is -2.43. The molecule has 0 spiro atoms. The zero-order valence-electron chi connectivity index (χ0n) is 12.3. The molecular formula is C17H14N5S+. The van der Waals surface area contributed by atoms with Gasteiger partial charge >= 0.3 is 0 Å². The van der Waals surface area contributed by atoms with E-state index >= 15 is 0 Å². The molecule has 1 aliphatic heterocycles. The minimum absolute atomic E-state index is 0.0771. The quantitative estimate of drug-likeness (QED) is 0.845. The van der Waals surface area contributed by atoms with Gasteiger partial charge in [0.15, 0.2) is 17.8 Å². The summed E-state index contributed by atoms with van der Waals surface area (Å²) in [7, 11) is 0. The zero-order valence-corrected chi connectivity index (χ0v) is 13.1. The molecule has 1 aromatic heterocycles. The highest BCUT2D eigenvalue weighted by atomic mass is 32.2. The van der Waals surface area contributed by atoms with Gasteiger partial charge in [0, 0.05) is 35.0 Å². The smallest absolute Gasteiger partial charge is 0.191 e. The molecular weight excluding hydrogens is 306 g/mol. The van der Waals surface area contributed by atoms with E-state index in [2.05, 4.69) is 23.2 Å². The maximum absolute atomic E-state index is 9.81. The van der Waals surface area contributed by atoms with Crippen LogP contribution in [-0.4, -0.2) is 11.5 Å². The summed E-state index contributed by atoms with van der Waals surface area (Å²) < 4.78 is 0. The van der Waals surface area contributed by atoms with Crippen molar-refractivity contribution in [3.8, 4) is 18.2 Å². The van der Waals surface area contributed by atoms with Gasteiger partial charge in [-0.1, -0.05) is 6.08 Å². The number of thioether (sulfide) groups is 1. The van der Waals surface area contributed by atoms with E-state index in [4.69, 9.17) is 5.73 Å². The molecule has 1 aliphatic carbocycles. The van der Waals surface area contributed by atoms with E-state index in [0.29, 0.717) is 5.57 Å². The van der Waals surface area contributed by atoms with Gasteiger partial charge in [-0.2, -0.15) is 27.5 Å². The first-order valence-corrected chi connectivity index (χ1v) is 8.32. The number of nitrogens with two attached hydrogens (primary N) is 1. The van der Waals surface area contributed by atoms with Crippen molar-refractivity contribution in [3.05, 3.63) is 53.0 Å². The third-order valence-electron chi connectivity index (χ3n) is 4.52. The number of aromatic amines is 1. The molecule has 112 valence electrons. The Bertz CT molecular complexity index is 805. The van der Waals surface area contributed by atoms with E-state index < -0.39 is 11.3 Å². The van der Waals surface area contributed by atoms with E-state index in [0.717, 1.165) is 22.6 Å². The van der Waals surface area contributed by atoms with Gasteiger partial charge in [0.05, 0.1) is 23.4 Å². The lowest BCUT2D eigenvalue weighted by Gasteiger charge is -2.42. The molecule has 0 saturated carbocycles. The molecule has 5 nitrogen and oxygen atoms in total. The van der Waals surface area contributed by atoms with Crippen LogP contribution in [0.3, 0.4) is 0 Å². The number of fused-ring (bicyclic) bond motifs is 1. The van der Waals surface area contributed by atoms with Crippen LogP contribution in [-0.2, 0) is 0 Å². The Morgan fingerprint density at radius 1 is 1.30 bits per heavy atom. The van der Waals surface area contributed by atoms with E-state index in [1.54, 1.807) is 24.2 Å². The van der Waals surface area contributed by atoms with Gasteiger partial charge in [-0.05, 0) is 11.6 Å². The number of nitriles is 3. The lowest BCUT2D eigenvalue weighted by atomic mass is 9.59. The van der Waals surface area contributed by atoms with Gasteiger partial charge in [0.2, 0.25) is 0 Å². The number of aromatic nitrogens is 1. The van der Waals surface area contributed by atoms with Gasteiger partial charge in [-0.15, -0.1) is 0 Å². The second kappa shape index (κ2) is 5.80. The molecule has 2 atom stereocenters. The fraction of sp³-hybridized carbons (Fsp3) is 0.294. The fourth-order valence-electron chi connectivity index (χ4n) is 3.46. The Kier molecular flexibility index (Phi) is 3.82. The van der Waals surface area contributed by atoms with Gasteiger partial charge in [-0.25, -0.2) is 4.98 Å². The minimum atomic E-state index is -1.53. The van der Waals surface area contributed by atoms with E-state index in [1.165, 1.54) is 0 Å². The average Bonchev–Trinajstić information content (AvgIpc) is 2.61. The van der Waals surface area contributed by atoms with Crippen LogP contribution < -0.4 is 10.7 Å². The number of nitrogens with one attached hydrogen (secondary N) is 1. The molecule has 0 fully saturated rings. The normalized spacial score (nSPS) is 25.3. The Balaban J connectivity index is 2.33. The average molecular weight is 320 g/mol. The molecule has 3 N–H and O–H groups in total. The van der Waals surface area contributed by atoms with Gasteiger partial charge in [-0.3, -0.25) is 0 Å². The topological polar surface area (TPSA) is 112 Å². The molecule has 0 amide bonds. The lowest BCUT2D eigenvalue weighted by molar-refractivity contribution is -0.379. The van der Waals surface area contributed by atoms with Gasteiger partial charge in [0.1, 0.15) is 6.07 Å². The Morgan fingerprint density at radius 2 is 2.09 bits per heavy atom. The van der Waals surface area contributed by atoms with Crippen LogP contribution in [0.25, 0.3) is 0 Å². The molecule has 23 heavy (non-hydrogen) atoms. The predicted molar refractivity (Wildman–Crippen MR) is 85.1 cm³/mol. The zero-order chi connectivity index (χ0) is 16.4. The first-order valence-electron chi connectivity index (χ1n) is 7.16. The summed E-state index contributed by atoms with van der Waals surface area (Å²) in [4.78, 5) is 3.01. The predicted octanol–water partition coefficient (Wildman–Crippen LogP) is 1.66. The van der Waals surface area contributed by atoms with Crippen LogP contribution in [0.15, 0.2) is 47.4 Å². The van der Waals surface area contributed by atoms with Crippen LogP contribution in [0.5, 0.6) is 0 Å². The van der Waals surface area contributed by atoms with Crippen molar-refractivity contribution in [2.45, 2.75) is 5.92 Å². The Labute approximate surface area is 138 Å². The number of hydrogen-bond acceptors (Lipinski definition) is 5. The summed E-state index contributed by atoms with van der Waals surface area (Å²) in [6, 6.07) is 10.1. The number of rotatable bonds is 1. The van der Waals surface area contributed by atoms with Crippen molar-refractivity contribution in [1.82, 2.24) is 0 Å². The van der Waals surface area contributed by atoms with Crippen molar-refractivity contribution < 1.29 is 4.98 Å². The molecule has 1 aromatic rings. The number of H-pyrrole nitrogens is 1. The van der Waals surface area contributed by atoms with Gasteiger partial charge in [0.25, 0.3) is 0 Å². The van der Waals surface area contributed by atoms with Crippen molar-refractivity contribution in [1.29, 1.82) is 15.8 Å². The highest BCUT2D eigenvalue weighted by molar-refractivity contribution is 7.99. The van der Waals surface area contributed by atoms with Crippen molar-refractivity contribution in [3.63, 3.8) is 0 Å². The highest BCUT2D eigenvalue weighted by Crippen LogP contribution is 2.54. The minimum Gasteiger partial charge on any atom is -0.399 e. The third-order valence-corrected chi connectivity index (χ3v) is 5.52. The molecule has 0 radical (unpaired) electrons. The maximum Gasteiger partial charge on any atom is 0.191 e. The summed E-state index contributed by atoms with van der Waals surface area (Å²) in [5, 5.41) is 29.1. The second-order valence-electron chi connectivity index (χ2n) is 5.55. The second-order valence-corrected chi connectivity index (χ2v) is 6.62. The van der Waals surface area contributed by atoms with Crippen molar-refractivity contribution in [2.24, 2.45) is 17.1 Å². The molecule has 0 bridgehead atoms. The fourth-order valence-corrected chi connectivity index (χ4v) is 4.52. The first kappa shape index (κ1) is 15.2. The summed E-state index contributed by atoms with van der Waals surface area (Å²) in [6.07, 6.45) is 5.58. The molecule has 2 aliphatic rings. The van der Waals surface area contributed by atoms with Crippen molar-refractivity contribution >= 4 is 11.8 Å². The molecule has 0 aromatic carbocycles. The monoisotopic (exact) mass is 320 g/mol. The first-order chi connectivity index (χ1) is 11.2. The molecule has 6 heteroatoms. The number of nitrogens with zero attached hydrogens (tertiary/aromatic N) is 3. The van der Waals surface area contributed by atoms with E-state index in [-0.39, 0.29) is 11.6 Å². The van der Waals surface area contributed by atoms with Crippen LogP contribution in [0, 0.1) is 45.3 Å². The SMILES string of the molecule is N#CC1=C(N)C(C#N)(C#N)C(c2ccc[nH+]c2)C2CSCC=C12. The highest BCUT2D eigenvalue weighted by Gasteiger charge is 2.54. The molecule has 3 rings (SSSR count). The van der Waals surface area contributed by atoms with Crippen molar-refractivity contribution in [2.75, 3.05) is 11.5 Å². The molecule has 2 unspecified atom stereocenters. The number of allylic oxidation sites excluding steroid dienone is 3. The molecule has 2 heterocycles. The number of hydrogen-bond donors (Lipinski definition) is 1. The van der Waals surface area contributed by atoms with Crippen LogP contribution in [0.2, 0.25) is 0 Å². The van der Waals surface area contributed by atoms with Crippen LogP contribution in [0.4, 0.5) is 0 Å². The van der Waals surface area contributed by atoms with Gasteiger partial charge < -0.3 is 5.73 Å².